The van der Waals surface area contributed by atoms with Gasteiger partial charge in [0.1, 0.15) is 17.1 Å². The van der Waals surface area contributed by atoms with Gasteiger partial charge in [-0.1, -0.05) is 13.8 Å². The zero-order valence-corrected chi connectivity index (χ0v) is 12.0. The third-order valence-corrected chi connectivity index (χ3v) is 4.38. The van der Waals surface area contributed by atoms with Crippen LogP contribution in [0.5, 0.6) is 0 Å². The Bertz CT molecular complexity index is 545. The van der Waals surface area contributed by atoms with E-state index in [2.05, 4.69) is 4.72 Å². The summed E-state index contributed by atoms with van der Waals surface area (Å²) in [7, 11) is -3.57. The van der Waals surface area contributed by atoms with Crippen molar-refractivity contribution in [3.63, 3.8) is 0 Å². The van der Waals surface area contributed by atoms with Crippen LogP contribution in [0.3, 0.4) is 0 Å². The minimum Gasteiger partial charge on any atom is -0.478 e. The normalized spacial score (nSPS) is 12.0. The van der Waals surface area contributed by atoms with Crippen LogP contribution in [0, 0.1) is 6.92 Å². The van der Waals surface area contributed by atoms with E-state index in [9.17, 15) is 13.2 Å². The molecule has 0 unspecified atom stereocenters. The van der Waals surface area contributed by atoms with E-state index in [1.165, 1.54) is 17.3 Å². The molecule has 0 amide bonds. The molecule has 1 aromatic heterocycles. The van der Waals surface area contributed by atoms with Crippen LogP contribution in [-0.2, 0) is 16.8 Å². The zero-order valence-electron chi connectivity index (χ0n) is 11.1. The van der Waals surface area contributed by atoms with Crippen LogP contribution in [0.25, 0.3) is 0 Å². The van der Waals surface area contributed by atoms with Gasteiger partial charge in [-0.2, -0.15) is 17.4 Å². The Balaban J connectivity index is 2.77. The van der Waals surface area contributed by atoms with E-state index < -0.39 is 16.2 Å². The summed E-state index contributed by atoms with van der Waals surface area (Å²) in [6.45, 7) is 5.65. The fraction of sp³-hybridized carbons (Fsp3) is 0.545. The van der Waals surface area contributed by atoms with Crippen LogP contribution < -0.4 is 4.72 Å². The highest BCUT2D eigenvalue weighted by molar-refractivity contribution is 7.87. The molecule has 1 aromatic rings. The SMILES string of the molecule is CCN(CC)S(=O)(=O)NCc1cc(C(=O)O)c(C)o1. The molecule has 8 heteroatoms. The molecule has 19 heavy (non-hydrogen) atoms. The van der Waals surface area contributed by atoms with Crippen molar-refractivity contribution in [2.24, 2.45) is 0 Å². The number of hydrogen-bond acceptors (Lipinski definition) is 4. The maximum absolute atomic E-state index is 11.8. The average molecular weight is 290 g/mol. The van der Waals surface area contributed by atoms with Crippen molar-refractivity contribution in [1.29, 1.82) is 0 Å². The molecule has 1 rings (SSSR count). The number of carbonyl (C=O) groups is 1. The molecule has 0 spiro atoms. The number of carboxylic acid groups (broad SMARTS) is 1. The molecular weight excluding hydrogens is 272 g/mol. The zero-order chi connectivity index (χ0) is 14.6. The summed E-state index contributed by atoms with van der Waals surface area (Å²) in [4.78, 5) is 10.8. The molecule has 0 radical (unpaired) electrons. The van der Waals surface area contributed by atoms with Crippen LogP contribution in [0.15, 0.2) is 10.5 Å². The van der Waals surface area contributed by atoms with Crippen molar-refractivity contribution in [3.05, 3.63) is 23.2 Å². The number of furan rings is 1. The number of nitrogens with zero attached hydrogens (tertiary/aromatic N) is 1. The summed E-state index contributed by atoms with van der Waals surface area (Å²) in [6, 6.07) is 1.32. The highest BCUT2D eigenvalue weighted by atomic mass is 32.2. The first-order valence-corrected chi connectivity index (χ1v) is 7.33. The lowest BCUT2D eigenvalue weighted by Crippen LogP contribution is -2.40. The van der Waals surface area contributed by atoms with Gasteiger partial charge in [0.05, 0.1) is 6.54 Å². The van der Waals surface area contributed by atoms with Crippen LogP contribution in [0.1, 0.15) is 35.7 Å². The molecule has 0 fully saturated rings. The predicted molar refractivity (Wildman–Crippen MR) is 69.1 cm³/mol. The van der Waals surface area contributed by atoms with E-state index in [-0.39, 0.29) is 23.6 Å². The monoisotopic (exact) mass is 290 g/mol. The van der Waals surface area contributed by atoms with Crippen molar-refractivity contribution in [2.75, 3.05) is 13.1 Å². The highest BCUT2D eigenvalue weighted by Crippen LogP contribution is 2.14. The van der Waals surface area contributed by atoms with Crippen molar-refractivity contribution >= 4 is 16.2 Å². The Hall–Kier alpha value is -1.38. The largest absolute Gasteiger partial charge is 0.478 e. The molecule has 0 saturated heterocycles. The standard InChI is InChI=1S/C11H18N2O5S/c1-4-13(5-2)19(16,17)12-7-9-6-10(11(14)15)8(3)18-9/h6,12H,4-5,7H2,1-3H3,(H,14,15). The van der Waals surface area contributed by atoms with E-state index in [1.54, 1.807) is 13.8 Å². The molecule has 0 bridgehead atoms. The van der Waals surface area contributed by atoms with Crippen LogP contribution in [-0.4, -0.2) is 36.9 Å². The van der Waals surface area contributed by atoms with E-state index in [0.717, 1.165) is 0 Å². The van der Waals surface area contributed by atoms with Gasteiger partial charge < -0.3 is 9.52 Å². The van der Waals surface area contributed by atoms with E-state index in [1.807, 2.05) is 0 Å². The predicted octanol–water partition coefficient (Wildman–Crippen LogP) is 0.962. The second kappa shape index (κ2) is 6.18. The average Bonchev–Trinajstić information content (AvgIpc) is 2.69. The Labute approximate surface area is 112 Å². The molecule has 0 aliphatic heterocycles. The first kappa shape index (κ1) is 15.7. The van der Waals surface area contributed by atoms with E-state index in [4.69, 9.17) is 9.52 Å². The van der Waals surface area contributed by atoms with Gasteiger partial charge in [-0.05, 0) is 13.0 Å². The molecule has 1 heterocycles. The molecule has 108 valence electrons. The first-order chi connectivity index (χ1) is 8.81. The maximum Gasteiger partial charge on any atom is 0.339 e. The Morgan fingerprint density at radius 2 is 2.00 bits per heavy atom. The number of hydrogen-bond donors (Lipinski definition) is 2. The Morgan fingerprint density at radius 1 is 1.42 bits per heavy atom. The van der Waals surface area contributed by atoms with Crippen molar-refractivity contribution in [2.45, 2.75) is 27.3 Å². The van der Waals surface area contributed by atoms with Gasteiger partial charge in [0, 0.05) is 13.1 Å². The lowest BCUT2D eigenvalue weighted by Gasteiger charge is -2.18. The molecule has 0 aliphatic rings. The molecule has 2 N–H and O–H groups in total. The number of carboxylic acids is 1. The van der Waals surface area contributed by atoms with Gasteiger partial charge in [0.15, 0.2) is 0 Å². The van der Waals surface area contributed by atoms with Crippen LogP contribution in [0.2, 0.25) is 0 Å². The van der Waals surface area contributed by atoms with Crippen molar-refractivity contribution < 1.29 is 22.7 Å². The van der Waals surface area contributed by atoms with Gasteiger partial charge in [-0.25, -0.2) is 4.79 Å². The van der Waals surface area contributed by atoms with Crippen molar-refractivity contribution in [3.8, 4) is 0 Å². The van der Waals surface area contributed by atoms with Gasteiger partial charge >= 0.3 is 5.97 Å². The highest BCUT2D eigenvalue weighted by Gasteiger charge is 2.20. The summed E-state index contributed by atoms with van der Waals surface area (Å²) in [5.41, 5.74) is 0.0389. The minimum atomic E-state index is -3.57. The summed E-state index contributed by atoms with van der Waals surface area (Å²) in [6.07, 6.45) is 0. The fourth-order valence-corrected chi connectivity index (χ4v) is 2.85. The summed E-state index contributed by atoms with van der Waals surface area (Å²) < 4.78 is 32.5. The summed E-state index contributed by atoms with van der Waals surface area (Å²) in [5.74, 6) is -0.575. The van der Waals surface area contributed by atoms with Gasteiger partial charge in [-0.15, -0.1) is 0 Å². The molecular formula is C11H18N2O5S. The van der Waals surface area contributed by atoms with Crippen molar-refractivity contribution in [1.82, 2.24) is 9.03 Å². The first-order valence-electron chi connectivity index (χ1n) is 5.89. The number of nitrogens with one attached hydrogen (secondary N) is 1. The van der Waals surface area contributed by atoms with E-state index >= 15 is 0 Å². The molecule has 7 nitrogen and oxygen atoms in total. The third kappa shape index (κ3) is 3.79. The number of rotatable bonds is 7. The Morgan fingerprint density at radius 3 is 2.42 bits per heavy atom. The number of aryl methyl sites for hydroxylation is 1. The summed E-state index contributed by atoms with van der Waals surface area (Å²) in [5, 5.41) is 8.86. The topological polar surface area (TPSA) is 99.9 Å². The Kier molecular flexibility index (Phi) is 5.10. The third-order valence-electron chi connectivity index (χ3n) is 2.67. The molecule has 0 atom stereocenters. The summed E-state index contributed by atoms with van der Waals surface area (Å²) >= 11 is 0. The van der Waals surface area contributed by atoms with Gasteiger partial charge in [0.2, 0.25) is 0 Å². The maximum atomic E-state index is 11.8. The molecule has 0 aliphatic carbocycles. The number of aromatic carboxylic acids is 1. The van der Waals surface area contributed by atoms with Gasteiger partial charge in [0.25, 0.3) is 10.2 Å². The second-order valence-corrected chi connectivity index (χ2v) is 5.65. The fourth-order valence-electron chi connectivity index (χ4n) is 1.66. The molecule has 0 aromatic carbocycles. The van der Waals surface area contributed by atoms with E-state index in [0.29, 0.717) is 13.1 Å². The van der Waals surface area contributed by atoms with Gasteiger partial charge in [-0.3, -0.25) is 0 Å². The van der Waals surface area contributed by atoms with Crippen LogP contribution in [0.4, 0.5) is 0 Å². The quantitative estimate of drug-likeness (QED) is 0.779. The minimum absolute atomic E-state index is 0.0389. The second-order valence-electron chi connectivity index (χ2n) is 3.90. The smallest absolute Gasteiger partial charge is 0.339 e. The van der Waals surface area contributed by atoms with Crippen LogP contribution >= 0.6 is 0 Å². The lowest BCUT2D eigenvalue weighted by atomic mass is 10.2. The lowest BCUT2D eigenvalue weighted by molar-refractivity contribution is 0.0695. The molecule has 0 saturated carbocycles.